The van der Waals surface area contributed by atoms with Gasteiger partial charge in [-0.05, 0) is 37.3 Å². The molecule has 1 aromatic heterocycles. The van der Waals surface area contributed by atoms with Crippen LogP contribution in [0.2, 0.25) is 5.02 Å². The van der Waals surface area contributed by atoms with E-state index in [9.17, 15) is 13.6 Å². The van der Waals surface area contributed by atoms with Crippen LogP contribution in [0.1, 0.15) is 17.3 Å². The molecule has 8 heteroatoms. The van der Waals surface area contributed by atoms with E-state index in [4.69, 9.17) is 16.3 Å². The molecule has 3 aromatic rings. The summed E-state index contributed by atoms with van der Waals surface area (Å²) in [5.41, 5.74) is 0.573. The minimum atomic E-state index is -0.941. The van der Waals surface area contributed by atoms with Crippen LogP contribution in [-0.2, 0) is 11.3 Å². The number of rotatable bonds is 5. The van der Waals surface area contributed by atoms with Crippen LogP contribution in [0.25, 0.3) is 10.2 Å². The van der Waals surface area contributed by atoms with Crippen molar-refractivity contribution in [2.45, 2.75) is 13.5 Å². The van der Waals surface area contributed by atoms with Gasteiger partial charge in [0.15, 0.2) is 4.80 Å². The molecule has 1 heterocycles. The molecule has 0 saturated heterocycles. The molecular weight excluding hydrogens is 382 g/mol. The van der Waals surface area contributed by atoms with E-state index < -0.39 is 17.5 Å². The fraction of sp³-hybridized carbons (Fsp3) is 0.222. The molecule has 0 unspecified atom stereocenters. The SMILES string of the molecule is CCOCCn1c(=NC(=O)c2ccc(F)cc2F)sc2cc(Cl)ccc21. The van der Waals surface area contributed by atoms with Crippen molar-refractivity contribution in [3.63, 3.8) is 0 Å². The van der Waals surface area contributed by atoms with E-state index in [0.717, 1.165) is 22.3 Å². The molecule has 3 rings (SSSR count). The number of ether oxygens (including phenoxy) is 1. The normalized spacial score (nSPS) is 12.1. The molecule has 0 spiro atoms. The molecule has 0 aliphatic rings. The number of carbonyl (C=O) groups excluding carboxylic acids is 1. The van der Waals surface area contributed by atoms with Crippen molar-refractivity contribution in [2.75, 3.05) is 13.2 Å². The fourth-order valence-corrected chi connectivity index (χ4v) is 3.79. The fourth-order valence-electron chi connectivity index (χ4n) is 2.46. The van der Waals surface area contributed by atoms with Crippen LogP contribution in [-0.4, -0.2) is 23.7 Å². The minimum absolute atomic E-state index is 0.279. The third-order valence-corrected chi connectivity index (χ3v) is 4.94. The summed E-state index contributed by atoms with van der Waals surface area (Å²) in [7, 11) is 0. The van der Waals surface area contributed by atoms with Gasteiger partial charge in [-0.25, -0.2) is 8.78 Å². The van der Waals surface area contributed by atoms with Gasteiger partial charge in [0, 0.05) is 24.2 Å². The van der Waals surface area contributed by atoms with Gasteiger partial charge >= 0.3 is 0 Å². The summed E-state index contributed by atoms with van der Waals surface area (Å²) >= 11 is 7.30. The Morgan fingerprint density at radius 2 is 2.08 bits per heavy atom. The number of hydrogen-bond donors (Lipinski definition) is 0. The first-order chi connectivity index (χ1) is 12.5. The van der Waals surface area contributed by atoms with Gasteiger partial charge in [0.2, 0.25) is 0 Å². The molecule has 0 N–H and O–H groups in total. The maximum atomic E-state index is 13.8. The summed E-state index contributed by atoms with van der Waals surface area (Å²) in [6.07, 6.45) is 0. The van der Waals surface area contributed by atoms with Crippen molar-refractivity contribution in [1.82, 2.24) is 4.57 Å². The first kappa shape index (κ1) is 18.7. The average molecular weight is 397 g/mol. The van der Waals surface area contributed by atoms with Gasteiger partial charge in [0.05, 0.1) is 22.4 Å². The zero-order valence-corrected chi connectivity index (χ0v) is 15.4. The predicted octanol–water partition coefficient (Wildman–Crippen LogP) is 4.41. The van der Waals surface area contributed by atoms with Gasteiger partial charge in [-0.1, -0.05) is 22.9 Å². The molecule has 0 radical (unpaired) electrons. The summed E-state index contributed by atoms with van der Waals surface area (Å²) in [5, 5.41) is 0.568. The van der Waals surface area contributed by atoms with Crippen molar-refractivity contribution < 1.29 is 18.3 Å². The van der Waals surface area contributed by atoms with Crippen LogP contribution in [0.3, 0.4) is 0 Å². The molecule has 2 aromatic carbocycles. The molecule has 0 aliphatic heterocycles. The van der Waals surface area contributed by atoms with Crippen LogP contribution in [0.5, 0.6) is 0 Å². The maximum Gasteiger partial charge on any atom is 0.282 e. The maximum absolute atomic E-state index is 13.8. The van der Waals surface area contributed by atoms with E-state index in [2.05, 4.69) is 4.99 Å². The number of benzene rings is 2. The van der Waals surface area contributed by atoms with E-state index in [1.165, 1.54) is 11.3 Å². The summed E-state index contributed by atoms with van der Waals surface area (Å²) in [6.45, 7) is 3.38. The van der Waals surface area contributed by atoms with Gasteiger partial charge in [0.1, 0.15) is 11.6 Å². The number of aromatic nitrogens is 1. The van der Waals surface area contributed by atoms with Crippen LogP contribution in [0.15, 0.2) is 41.4 Å². The van der Waals surface area contributed by atoms with E-state index >= 15 is 0 Å². The molecular formula is C18H15ClF2N2O2S. The second-order valence-corrected chi connectivity index (χ2v) is 6.83. The van der Waals surface area contributed by atoms with Crippen molar-refractivity contribution in [1.29, 1.82) is 0 Å². The second kappa shape index (κ2) is 8.07. The standard InChI is InChI=1S/C18H15ClF2N2O2S/c1-2-25-8-7-23-15-6-3-11(19)9-16(15)26-18(23)22-17(24)13-5-4-12(20)10-14(13)21/h3-6,9-10H,2,7-8H2,1H3. The monoisotopic (exact) mass is 396 g/mol. The first-order valence-electron chi connectivity index (χ1n) is 7.90. The van der Waals surface area contributed by atoms with Crippen LogP contribution in [0, 0.1) is 11.6 Å². The van der Waals surface area contributed by atoms with E-state index in [-0.39, 0.29) is 5.56 Å². The number of thiazole rings is 1. The van der Waals surface area contributed by atoms with E-state index in [0.29, 0.717) is 35.6 Å². The lowest BCUT2D eigenvalue weighted by Gasteiger charge is -2.05. The van der Waals surface area contributed by atoms with Gasteiger partial charge in [0.25, 0.3) is 5.91 Å². The molecule has 26 heavy (non-hydrogen) atoms. The second-order valence-electron chi connectivity index (χ2n) is 5.39. The summed E-state index contributed by atoms with van der Waals surface area (Å²) in [5.74, 6) is -2.46. The molecule has 4 nitrogen and oxygen atoms in total. The van der Waals surface area contributed by atoms with Crippen molar-refractivity contribution in [3.8, 4) is 0 Å². The summed E-state index contributed by atoms with van der Waals surface area (Å²) < 4.78 is 34.9. The van der Waals surface area contributed by atoms with Crippen molar-refractivity contribution >= 4 is 39.1 Å². The van der Waals surface area contributed by atoms with Gasteiger partial charge in [-0.3, -0.25) is 4.79 Å². The van der Waals surface area contributed by atoms with Gasteiger partial charge < -0.3 is 9.30 Å². The van der Waals surface area contributed by atoms with Gasteiger partial charge in [-0.15, -0.1) is 0 Å². The third-order valence-electron chi connectivity index (χ3n) is 3.67. The molecule has 0 bridgehead atoms. The minimum Gasteiger partial charge on any atom is -0.380 e. The topological polar surface area (TPSA) is 43.6 Å². The highest BCUT2D eigenvalue weighted by Crippen LogP contribution is 2.22. The zero-order chi connectivity index (χ0) is 18.7. The number of carbonyl (C=O) groups is 1. The van der Waals surface area contributed by atoms with E-state index in [1.807, 2.05) is 17.6 Å². The van der Waals surface area contributed by atoms with E-state index in [1.54, 1.807) is 12.1 Å². The number of nitrogens with zero attached hydrogens (tertiary/aromatic N) is 2. The molecule has 1 amide bonds. The van der Waals surface area contributed by atoms with Crippen LogP contribution >= 0.6 is 22.9 Å². The molecule has 0 saturated carbocycles. The van der Waals surface area contributed by atoms with Gasteiger partial charge in [-0.2, -0.15) is 4.99 Å². The number of halogens is 3. The number of hydrogen-bond acceptors (Lipinski definition) is 3. The van der Waals surface area contributed by atoms with Crippen LogP contribution in [0.4, 0.5) is 8.78 Å². The largest absolute Gasteiger partial charge is 0.380 e. The Balaban J connectivity index is 2.08. The Bertz CT molecular complexity index is 1030. The lowest BCUT2D eigenvalue weighted by molar-refractivity contribution is 0.0992. The highest BCUT2D eigenvalue weighted by molar-refractivity contribution is 7.16. The third kappa shape index (κ3) is 4.00. The Morgan fingerprint density at radius 3 is 2.81 bits per heavy atom. The average Bonchev–Trinajstić information content (AvgIpc) is 2.91. The lowest BCUT2D eigenvalue weighted by atomic mass is 10.2. The first-order valence-corrected chi connectivity index (χ1v) is 9.09. The zero-order valence-electron chi connectivity index (χ0n) is 13.8. The molecule has 0 fully saturated rings. The highest BCUT2D eigenvalue weighted by Gasteiger charge is 2.14. The quantitative estimate of drug-likeness (QED) is 0.599. The van der Waals surface area contributed by atoms with Crippen molar-refractivity contribution in [3.05, 3.63) is 63.4 Å². The Morgan fingerprint density at radius 1 is 1.27 bits per heavy atom. The Kier molecular flexibility index (Phi) is 5.80. The Hall–Kier alpha value is -2.09. The summed E-state index contributed by atoms with van der Waals surface area (Å²) in [4.78, 5) is 16.8. The highest BCUT2D eigenvalue weighted by atomic mass is 35.5. The molecule has 136 valence electrons. The van der Waals surface area contributed by atoms with Crippen molar-refractivity contribution in [2.24, 2.45) is 4.99 Å². The number of amides is 1. The lowest BCUT2D eigenvalue weighted by Crippen LogP contribution is -2.20. The summed E-state index contributed by atoms with van der Waals surface area (Å²) in [6, 6.07) is 8.14. The smallest absolute Gasteiger partial charge is 0.282 e. The predicted molar refractivity (Wildman–Crippen MR) is 97.6 cm³/mol. The van der Waals surface area contributed by atoms with Crippen LogP contribution < -0.4 is 4.80 Å². The Labute approximate surface area is 157 Å². The molecule has 0 aliphatic carbocycles. The number of fused-ring (bicyclic) bond motifs is 1. The molecule has 0 atom stereocenters.